The molecule has 0 heterocycles. The molecule has 6 atom stereocenters. The number of methoxy groups -OCH3 is 5. The van der Waals surface area contributed by atoms with Crippen LogP contribution in [0.2, 0.25) is 0 Å². The Labute approximate surface area is 317 Å². The maximum atomic E-state index is 10.3. The predicted molar refractivity (Wildman–Crippen MR) is 205 cm³/mol. The quantitative estimate of drug-likeness (QED) is 0.0291. The van der Waals surface area contributed by atoms with Crippen LogP contribution in [-0.4, -0.2) is 135 Å². The fourth-order valence-corrected chi connectivity index (χ4v) is 4.16. The first kappa shape index (κ1) is 59.4. The molecule has 0 unspecified atom stereocenters. The van der Waals surface area contributed by atoms with Gasteiger partial charge < -0.3 is 52.1 Å². The summed E-state index contributed by atoms with van der Waals surface area (Å²) in [6.07, 6.45) is 16.9. The van der Waals surface area contributed by atoms with Crippen LogP contribution in [0.15, 0.2) is 25.3 Å². The summed E-state index contributed by atoms with van der Waals surface area (Å²) < 4.78 is 82.9. The summed E-state index contributed by atoms with van der Waals surface area (Å²) in [4.78, 5) is 0. The molecular formula is C37H72O14S. The molecule has 0 N–H and O–H groups in total. The Balaban J connectivity index is -0.000000229. The number of ether oxygens (including phenoxy) is 11. The minimum atomic E-state index is -3.20. The topological polar surface area (TPSA) is 145 Å². The molecule has 0 aliphatic rings. The van der Waals surface area contributed by atoms with Gasteiger partial charge in [-0.2, -0.15) is 8.42 Å². The molecule has 0 spiro atoms. The Hall–Kier alpha value is -1.93. The van der Waals surface area contributed by atoms with Gasteiger partial charge in [-0.1, -0.05) is 47.3 Å². The van der Waals surface area contributed by atoms with E-state index in [4.69, 9.17) is 65.0 Å². The third-order valence-electron chi connectivity index (χ3n) is 6.19. The van der Waals surface area contributed by atoms with Gasteiger partial charge in [0.05, 0.1) is 31.7 Å². The van der Waals surface area contributed by atoms with Gasteiger partial charge in [0.15, 0.2) is 0 Å². The van der Waals surface area contributed by atoms with Crippen LogP contribution in [0, 0.1) is 30.6 Å². The molecule has 0 aromatic rings. The average molecular weight is 773 g/mol. The first-order chi connectivity index (χ1) is 24.0. The zero-order chi connectivity index (χ0) is 38.5. The zero-order valence-corrected chi connectivity index (χ0v) is 32.3. The number of hydrogen-bond donors (Lipinski definition) is 0. The van der Waals surface area contributed by atoms with Crippen molar-refractivity contribution in [3.8, 4) is 24.7 Å². The van der Waals surface area contributed by atoms with Crippen LogP contribution in [0.25, 0.3) is 0 Å². The molecule has 15 heteroatoms. The van der Waals surface area contributed by atoms with Gasteiger partial charge in [0, 0.05) is 60.9 Å². The van der Waals surface area contributed by atoms with Crippen molar-refractivity contribution in [2.45, 2.75) is 91.3 Å². The molecular weight excluding hydrogens is 700 g/mol. The molecule has 0 saturated carbocycles. The number of hydrogen-bond acceptors (Lipinski definition) is 14. The maximum Gasteiger partial charge on any atom is 0.264 e. The number of rotatable bonds is 31. The van der Waals surface area contributed by atoms with Crippen molar-refractivity contribution >= 4 is 10.1 Å². The molecule has 0 aromatic carbocycles. The fraction of sp³-hybridized carbons (Fsp3) is 0.784. The van der Waals surface area contributed by atoms with E-state index in [1.165, 1.54) is 0 Å². The second kappa shape index (κ2) is 43.5. The standard InChI is InChI=1S/C17H30O7.C13H22O4.C5H12O3S.2CH4/c1-6-9-16(24-14-20-5)17(15(7-2)23-13-19-4)22-11-8-10-21-12-18-3;1-6-8-13(17-10-15-5)11(3)12(7-2)16-9-14-4;1-3-4-5-8-9(2,6)7;;/h1,7,15-17H,2,8-14H2,3-5H3;1,7,11-13H,2,8-10H2,3-5H3;3-5H2,1-2H3;2*1H4/t15-,16-,17+;11-,12+,13+;;;/m10.../s1. The first-order valence-electron chi connectivity index (χ1n) is 16.1. The van der Waals surface area contributed by atoms with E-state index in [1.807, 2.05) is 13.8 Å². The maximum absolute atomic E-state index is 10.3. The minimum absolute atomic E-state index is 0. The highest BCUT2D eigenvalue weighted by Gasteiger charge is 2.30. The molecule has 52 heavy (non-hydrogen) atoms. The van der Waals surface area contributed by atoms with Crippen molar-refractivity contribution in [3.63, 3.8) is 0 Å². The van der Waals surface area contributed by atoms with Crippen LogP contribution in [0.5, 0.6) is 0 Å². The smallest absolute Gasteiger partial charge is 0.264 e. The summed E-state index contributed by atoms with van der Waals surface area (Å²) in [6, 6.07) is 0. The molecule has 0 saturated heterocycles. The molecule has 0 rings (SSSR count). The SMILES string of the molecule is C.C.C#CC[C@@H](OCOC)[C@@H](C)[C@@H](C=C)OCOC.C#CC[C@@H](OCOC)[C@@H](OCCCOCOC)[C@@H](C=C)OCOC.CCCCOS(C)(=O)=O. The van der Waals surface area contributed by atoms with Gasteiger partial charge in [-0.15, -0.1) is 37.8 Å². The fourth-order valence-electron chi connectivity index (χ4n) is 3.74. The van der Waals surface area contributed by atoms with E-state index in [0.717, 1.165) is 19.1 Å². The largest absolute Gasteiger partial charge is 0.372 e. The lowest BCUT2D eigenvalue weighted by Gasteiger charge is -2.31. The van der Waals surface area contributed by atoms with Crippen LogP contribution in [0.1, 0.15) is 60.8 Å². The van der Waals surface area contributed by atoms with Crippen LogP contribution < -0.4 is 0 Å². The molecule has 0 aromatic heterocycles. The highest BCUT2D eigenvalue weighted by atomic mass is 32.2. The molecule has 0 radical (unpaired) electrons. The third kappa shape index (κ3) is 36.4. The van der Waals surface area contributed by atoms with E-state index in [-0.39, 0.29) is 66.9 Å². The van der Waals surface area contributed by atoms with E-state index < -0.39 is 28.4 Å². The molecule has 0 amide bonds. The molecule has 310 valence electrons. The third-order valence-corrected chi connectivity index (χ3v) is 6.79. The molecule has 0 bridgehead atoms. The monoisotopic (exact) mass is 772 g/mol. The van der Waals surface area contributed by atoms with E-state index >= 15 is 0 Å². The zero-order valence-electron chi connectivity index (χ0n) is 31.5. The lowest BCUT2D eigenvalue weighted by atomic mass is 9.95. The number of unbranched alkanes of at least 4 members (excludes halogenated alkanes) is 1. The number of terminal acetylenes is 2. The Morgan fingerprint density at radius 2 is 1.12 bits per heavy atom. The van der Waals surface area contributed by atoms with Gasteiger partial charge in [-0.25, -0.2) is 0 Å². The highest BCUT2D eigenvalue weighted by Crippen LogP contribution is 2.19. The Morgan fingerprint density at radius 1 is 0.654 bits per heavy atom. The predicted octanol–water partition coefficient (Wildman–Crippen LogP) is 5.41. The van der Waals surface area contributed by atoms with Gasteiger partial charge in [-0.3, -0.25) is 4.18 Å². The second-order valence-corrected chi connectivity index (χ2v) is 12.0. The summed E-state index contributed by atoms with van der Waals surface area (Å²) >= 11 is 0. The van der Waals surface area contributed by atoms with Crippen LogP contribution >= 0.6 is 0 Å². The van der Waals surface area contributed by atoms with E-state index in [0.29, 0.717) is 39.1 Å². The van der Waals surface area contributed by atoms with Gasteiger partial charge in [-0.05, 0) is 12.8 Å². The molecule has 0 fully saturated rings. The van der Waals surface area contributed by atoms with Crippen molar-refractivity contribution in [2.75, 3.05) is 95.6 Å². The summed E-state index contributed by atoms with van der Waals surface area (Å²) in [7, 11) is 4.62. The van der Waals surface area contributed by atoms with Gasteiger partial charge in [0.2, 0.25) is 0 Å². The normalized spacial score (nSPS) is 14.0. The van der Waals surface area contributed by atoms with Crippen LogP contribution in [0.4, 0.5) is 0 Å². The highest BCUT2D eigenvalue weighted by molar-refractivity contribution is 7.85. The van der Waals surface area contributed by atoms with Crippen molar-refractivity contribution in [1.82, 2.24) is 0 Å². The Kier molecular flexibility index (Phi) is 49.6. The lowest BCUT2D eigenvalue weighted by molar-refractivity contribution is -0.174. The summed E-state index contributed by atoms with van der Waals surface area (Å²) in [6.45, 7) is 13.7. The Morgan fingerprint density at radius 3 is 1.56 bits per heavy atom. The lowest BCUT2D eigenvalue weighted by Crippen LogP contribution is -2.42. The van der Waals surface area contributed by atoms with Crippen molar-refractivity contribution in [1.29, 1.82) is 0 Å². The Bertz CT molecular complexity index is 951. The van der Waals surface area contributed by atoms with Crippen molar-refractivity contribution in [3.05, 3.63) is 25.3 Å². The first-order valence-corrected chi connectivity index (χ1v) is 17.9. The summed E-state index contributed by atoms with van der Waals surface area (Å²) in [5, 5.41) is 0. The van der Waals surface area contributed by atoms with E-state index in [1.54, 1.807) is 47.7 Å². The van der Waals surface area contributed by atoms with Crippen LogP contribution in [-0.2, 0) is 66.4 Å². The molecule has 0 aliphatic heterocycles. The van der Waals surface area contributed by atoms with Gasteiger partial charge in [0.25, 0.3) is 10.1 Å². The van der Waals surface area contributed by atoms with Crippen molar-refractivity contribution < 1.29 is 64.7 Å². The van der Waals surface area contributed by atoms with E-state index in [2.05, 4.69) is 29.2 Å². The summed E-state index contributed by atoms with van der Waals surface area (Å²) in [5.74, 6) is 5.26. The van der Waals surface area contributed by atoms with Gasteiger partial charge >= 0.3 is 0 Å². The second-order valence-electron chi connectivity index (χ2n) is 10.3. The van der Waals surface area contributed by atoms with Crippen LogP contribution in [0.3, 0.4) is 0 Å². The average Bonchev–Trinajstić information content (AvgIpc) is 3.09. The molecule has 0 aliphatic carbocycles. The summed E-state index contributed by atoms with van der Waals surface area (Å²) in [5.41, 5.74) is 0. The van der Waals surface area contributed by atoms with Gasteiger partial charge in [0.1, 0.15) is 52.3 Å². The minimum Gasteiger partial charge on any atom is -0.372 e. The van der Waals surface area contributed by atoms with E-state index in [9.17, 15) is 8.42 Å². The molecule has 14 nitrogen and oxygen atoms in total. The van der Waals surface area contributed by atoms with Crippen molar-refractivity contribution in [2.24, 2.45) is 5.92 Å².